The molecule has 2 saturated carbocycles. The summed E-state index contributed by atoms with van der Waals surface area (Å²) in [5, 5.41) is 0. The first-order valence-corrected chi connectivity index (χ1v) is 10.1. The number of halogens is 3. The first-order chi connectivity index (χ1) is 12.9. The lowest BCUT2D eigenvalue weighted by atomic mass is 9.49. The van der Waals surface area contributed by atoms with E-state index in [0.29, 0.717) is 42.4 Å². The van der Waals surface area contributed by atoms with Crippen LogP contribution in [-0.2, 0) is 11.8 Å². The standard InChI is InChI=1S/C21H24F3NO2/c1-26-14-5-4-13-10-15-20(22)6-7-21(23,24)18-19(20,16(13)17(14)27-18)8-9-25(15)11-12-2-3-12/h4-5,12,15,18H,2-3,6-11H2,1H3/t15-,18?,19+,20-/m1/s1. The van der Waals surface area contributed by atoms with Crippen molar-refractivity contribution in [2.24, 2.45) is 5.92 Å². The van der Waals surface area contributed by atoms with Crippen LogP contribution < -0.4 is 9.47 Å². The third-order valence-electron chi connectivity index (χ3n) is 7.87. The van der Waals surface area contributed by atoms with E-state index in [2.05, 4.69) is 4.90 Å². The van der Waals surface area contributed by atoms with Gasteiger partial charge in [0.15, 0.2) is 17.6 Å². The molecule has 4 atom stereocenters. The Morgan fingerprint density at radius 1 is 1.19 bits per heavy atom. The average molecular weight is 379 g/mol. The van der Waals surface area contributed by atoms with Gasteiger partial charge in [-0.05, 0) is 56.2 Å². The van der Waals surface area contributed by atoms with Gasteiger partial charge in [0.1, 0.15) is 5.67 Å². The average Bonchev–Trinajstić information content (AvgIpc) is 3.37. The van der Waals surface area contributed by atoms with Crippen molar-refractivity contribution in [2.45, 2.75) is 67.7 Å². The molecule has 1 unspecified atom stereocenters. The molecule has 3 nitrogen and oxygen atoms in total. The van der Waals surface area contributed by atoms with Gasteiger partial charge in [-0.2, -0.15) is 0 Å². The van der Waals surface area contributed by atoms with Crippen molar-refractivity contribution in [3.05, 3.63) is 23.3 Å². The van der Waals surface area contributed by atoms with Crippen LogP contribution in [-0.4, -0.2) is 48.8 Å². The Morgan fingerprint density at radius 2 is 2.00 bits per heavy atom. The van der Waals surface area contributed by atoms with E-state index in [1.54, 1.807) is 6.07 Å². The maximum atomic E-state index is 16.9. The number of ether oxygens (including phenoxy) is 2. The van der Waals surface area contributed by atoms with Crippen LogP contribution >= 0.6 is 0 Å². The van der Waals surface area contributed by atoms with Gasteiger partial charge in [-0.3, -0.25) is 4.90 Å². The van der Waals surface area contributed by atoms with Gasteiger partial charge >= 0.3 is 0 Å². The molecule has 1 saturated heterocycles. The maximum Gasteiger partial charge on any atom is 0.285 e. The van der Waals surface area contributed by atoms with Crippen molar-refractivity contribution in [2.75, 3.05) is 20.2 Å². The third kappa shape index (κ3) is 1.84. The molecule has 2 bridgehead atoms. The number of methoxy groups -OCH3 is 1. The Bertz CT molecular complexity index is 826. The second kappa shape index (κ2) is 4.94. The fourth-order valence-corrected chi connectivity index (χ4v) is 6.51. The van der Waals surface area contributed by atoms with Crippen molar-refractivity contribution in [3.8, 4) is 11.5 Å². The van der Waals surface area contributed by atoms with Gasteiger partial charge in [0.2, 0.25) is 0 Å². The van der Waals surface area contributed by atoms with E-state index in [1.807, 2.05) is 6.07 Å². The van der Waals surface area contributed by atoms with Crippen LogP contribution in [0, 0.1) is 5.92 Å². The fourth-order valence-electron chi connectivity index (χ4n) is 6.51. The summed E-state index contributed by atoms with van der Waals surface area (Å²) in [7, 11) is 1.51. The van der Waals surface area contributed by atoms with Crippen LogP contribution in [0.3, 0.4) is 0 Å². The van der Waals surface area contributed by atoms with Gasteiger partial charge in [0, 0.05) is 24.6 Å². The highest BCUT2D eigenvalue weighted by Gasteiger charge is 2.78. The normalized spacial score (nSPS) is 41.0. The van der Waals surface area contributed by atoms with Gasteiger partial charge in [-0.1, -0.05) is 6.07 Å². The Balaban J connectivity index is 1.57. The van der Waals surface area contributed by atoms with Crippen LogP contribution in [0.5, 0.6) is 11.5 Å². The van der Waals surface area contributed by atoms with Gasteiger partial charge in [0.25, 0.3) is 5.92 Å². The van der Waals surface area contributed by atoms with Gasteiger partial charge in [-0.25, -0.2) is 13.2 Å². The zero-order chi connectivity index (χ0) is 18.6. The molecule has 6 heteroatoms. The Hall–Kier alpha value is -1.43. The van der Waals surface area contributed by atoms with Crippen LogP contribution in [0.1, 0.15) is 43.2 Å². The number of alkyl halides is 3. The molecular formula is C21H24F3NO2. The molecule has 0 aromatic heterocycles. The minimum atomic E-state index is -3.03. The molecule has 146 valence electrons. The SMILES string of the molecule is COc1ccc2c3c1OC1C(F)(F)CC[C@@]4(F)[C@@H](C2)N(CC2CC2)CC[C@]314. The summed E-state index contributed by atoms with van der Waals surface area (Å²) >= 11 is 0. The molecule has 3 aliphatic carbocycles. The molecule has 27 heavy (non-hydrogen) atoms. The molecule has 1 aromatic rings. The van der Waals surface area contributed by atoms with Crippen LogP contribution in [0.4, 0.5) is 13.2 Å². The zero-order valence-corrected chi connectivity index (χ0v) is 15.4. The number of likely N-dealkylation sites (tertiary alicyclic amines) is 1. The minimum absolute atomic E-state index is 0.0955. The van der Waals surface area contributed by atoms with Crippen LogP contribution in [0.15, 0.2) is 12.1 Å². The quantitative estimate of drug-likeness (QED) is 0.796. The highest BCUT2D eigenvalue weighted by atomic mass is 19.3. The lowest BCUT2D eigenvalue weighted by molar-refractivity contribution is -0.222. The van der Waals surface area contributed by atoms with Crippen molar-refractivity contribution >= 4 is 0 Å². The highest BCUT2D eigenvalue weighted by molar-refractivity contribution is 5.63. The van der Waals surface area contributed by atoms with E-state index >= 15 is 13.2 Å². The van der Waals surface area contributed by atoms with Gasteiger partial charge in [0.05, 0.1) is 12.5 Å². The van der Waals surface area contributed by atoms with E-state index in [0.717, 1.165) is 12.1 Å². The molecule has 3 fully saturated rings. The van der Waals surface area contributed by atoms with Gasteiger partial charge in [-0.15, -0.1) is 0 Å². The molecule has 0 radical (unpaired) electrons. The van der Waals surface area contributed by atoms with Crippen LogP contribution in [0.2, 0.25) is 0 Å². The summed E-state index contributed by atoms with van der Waals surface area (Å²) in [4.78, 5) is 2.26. The third-order valence-corrected chi connectivity index (χ3v) is 7.87. The van der Waals surface area contributed by atoms with Crippen molar-refractivity contribution in [1.82, 2.24) is 4.90 Å². The number of nitrogens with zero attached hydrogens (tertiary/aromatic N) is 1. The molecule has 2 aliphatic heterocycles. The smallest absolute Gasteiger partial charge is 0.285 e. The summed E-state index contributed by atoms with van der Waals surface area (Å²) in [5.74, 6) is -1.58. The Labute approximate surface area is 156 Å². The highest BCUT2D eigenvalue weighted by Crippen LogP contribution is 2.69. The fraction of sp³-hybridized carbons (Fsp3) is 0.714. The summed E-state index contributed by atoms with van der Waals surface area (Å²) in [5.41, 5.74) is -1.28. The summed E-state index contributed by atoms with van der Waals surface area (Å²) in [6.45, 7) is 1.56. The topological polar surface area (TPSA) is 21.7 Å². The van der Waals surface area contributed by atoms with Crippen molar-refractivity contribution in [3.63, 3.8) is 0 Å². The second-order valence-electron chi connectivity index (χ2n) is 9.13. The first kappa shape index (κ1) is 16.5. The first-order valence-electron chi connectivity index (χ1n) is 10.1. The predicted octanol–water partition coefficient (Wildman–Crippen LogP) is 3.87. The second-order valence-corrected chi connectivity index (χ2v) is 9.13. The van der Waals surface area contributed by atoms with Crippen LogP contribution in [0.25, 0.3) is 0 Å². The number of rotatable bonds is 3. The van der Waals surface area contributed by atoms with E-state index in [1.165, 1.54) is 20.0 Å². The van der Waals surface area contributed by atoms with Crippen molar-refractivity contribution in [1.29, 1.82) is 0 Å². The molecule has 6 rings (SSSR count). The summed E-state index contributed by atoms with van der Waals surface area (Å²) in [6.07, 6.45) is 1.39. The lowest BCUT2D eigenvalue weighted by Crippen LogP contribution is -2.76. The van der Waals surface area contributed by atoms with Gasteiger partial charge < -0.3 is 9.47 Å². The molecule has 0 amide bonds. The number of piperidine rings is 1. The summed E-state index contributed by atoms with van der Waals surface area (Å²) in [6, 6.07) is 3.39. The molecule has 5 aliphatic rings. The number of benzene rings is 1. The lowest BCUT2D eigenvalue weighted by Gasteiger charge is -2.62. The van der Waals surface area contributed by atoms with Crippen molar-refractivity contribution < 1.29 is 22.6 Å². The molecule has 2 heterocycles. The molecule has 0 N–H and O–H groups in total. The predicted molar refractivity (Wildman–Crippen MR) is 93.5 cm³/mol. The zero-order valence-electron chi connectivity index (χ0n) is 15.4. The monoisotopic (exact) mass is 379 g/mol. The molecular weight excluding hydrogens is 355 g/mol. The largest absolute Gasteiger partial charge is 0.493 e. The van der Waals surface area contributed by atoms with E-state index in [-0.39, 0.29) is 12.5 Å². The molecule has 1 aromatic carbocycles. The summed E-state index contributed by atoms with van der Waals surface area (Å²) < 4.78 is 58.2. The number of hydrogen-bond donors (Lipinski definition) is 0. The molecule has 1 spiro atoms. The minimum Gasteiger partial charge on any atom is -0.493 e. The number of hydrogen-bond acceptors (Lipinski definition) is 3. The Morgan fingerprint density at radius 3 is 2.74 bits per heavy atom. The van der Waals surface area contributed by atoms with E-state index < -0.39 is 29.5 Å². The van der Waals surface area contributed by atoms with E-state index in [9.17, 15) is 0 Å². The van der Waals surface area contributed by atoms with E-state index in [4.69, 9.17) is 9.47 Å². The Kier molecular flexibility index (Phi) is 3.02. The maximum absolute atomic E-state index is 16.9.